The van der Waals surface area contributed by atoms with E-state index in [1.54, 1.807) is 0 Å². The van der Waals surface area contributed by atoms with E-state index in [-0.39, 0.29) is 0 Å². The molecule has 104 valence electrons. The summed E-state index contributed by atoms with van der Waals surface area (Å²) in [7, 11) is 0. The molecule has 1 saturated heterocycles. The van der Waals surface area contributed by atoms with Crippen molar-refractivity contribution in [3.63, 3.8) is 0 Å². The predicted molar refractivity (Wildman–Crippen MR) is 78.8 cm³/mol. The van der Waals surface area contributed by atoms with E-state index in [4.69, 9.17) is 4.74 Å². The fourth-order valence-electron chi connectivity index (χ4n) is 3.04. The van der Waals surface area contributed by atoms with E-state index in [2.05, 4.69) is 34.9 Å². The summed E-state index contributed by atoms with van der Waals surface area (Å²) in [5, 5.41) is 7.01. The topological polar surface area (TPSA) is 33.3 Å². The van der Waals surface area contributed by atoms with Crippen LogP contribution in [0.2, 0.25) is 0 Å². The molecule has 1 aromatic carbocycles. The highest BCUT2D eigenvalue weighted by molar-refractivity contribution is 5.47. The van der Waals surface area contributed by atoms with Gasteiger partial charge in [0.25, 0.3) is 0 Å². The molecule has 1 aliphatic carbocycles. The van der Waals surface area contributed by atoms with Crippen LogP contribution in [0, 0.1) is 0 Å². The van der Waals surface area contributed by atoms with Crippen LogP contribution in [0.4, 0.5) is 5.69 Å². The first-order valence-electron chi connectivity index (χ1n) is 7.64. The Morgan fingerprint density at radius 2 is 1.79 bits per heavy atom. The number of nitrogens with one attached hydrogen (secondary N) is 2. The van der Waals surface area contributed by atoms with E-state index < -0.39 is 0 Å². The van der Waals surface area contributed by atoms with Gasteiger partial charge in [0.1, 0.15) is 5.75 Å². The summed E-state index contributed by atoms with van der Waals surface area (Å²) in [4.78, 5) is 0. The van der Waals surface area contributed by atoms with Gasteiger partial charge in [-0.05, 0) is 69.3 Å². The van der Waals surface area contributed by atoms with Gasteiger partial charge >= 0.3 is 0 Å². The highest BCUT2D eigenvalue weighted by Crippen LogP contribution is 2.25. The Morgan fingerprint density at radius 1 is 1.00 bits per heavy atom. The zero-order valence-electron chi connectivity index (χ0n) is 11.5. The van der Waals surface area contributed by atoms with Crippen LogP contribution in [0.25, 0.3) is 0 Å². The van der Waals surface area contributed by atoms with Gasteiger partial charge in [-0.15, -0.1) is 0 Å². The number of rotatable bonds is 4. The molecule has 3 rings (SSSR count). The SMILES string of the molecule is c1cc(OC2CCCC2)ccc1NC1CCCNC1. The fraction of sp³-hybridized carbons (Fsp3) is 0.625. The van der Waals surface area contributed by atoms with Crippen LogP contribution in [0.15, 0.2) is 24.3 Å². The molecule has 0 aromatic heterocycles. The predicted octanol–water partition coefficient (Wildman–Crippen LogP) is 3.17. The molecule has 1 aliphatic heterocycles. The largest absolute Gasteiger partial charge is 0.490 e. The van der Waals surface area contributed by atoms with Crippen LogP contribution in [0.1, 0.15) is 38.5 Å². The molecule has 1 aromatic rings. The first kappa shape index (κ1) is 12.8. The van der Waals surface area contributed by atoms with Gasteiger partial charge in [0, 0.05) is 18.3 Å². The highest BCUT2D eigenvalue weighted by Gasteiger charge is 2.16. The third-order valence-electron chi connectivity index (χ3n) is 4.13. The number of benzene rings is 1. The molecular weight excluding hydrogens is 236 g/mol. The number of hydrogen-bond acceptors (Lipinski definition) is 3. The minimum atomic E-state index is 0.446. The van der Waals surface area contributed by atoms with Gasteiger partial charge in [-0.2, -0.15) is 0 Å². The highest BCUT2D eigenvalue weighted by atomic mass is 16.5. The second-order valence-electron chi connectivity index (χ2n) is 5.74. The van der Waals surface area contributed by atoms with Crippen LogP contribution < -0.4 is 15.4 Å². The lowest BCUT2D eigenvalue weighted by molar-refractivity contribution is 0.210. The van der Waals surface area contributed by atoms with Crippen LogP contribution in [0.3, 0.4) is 0 Å². The van der Waals surface area contributed by atoms with Crippen molar-refractivity contribution in [2.24, 2.45) is 0 Å². The third-order valence-corrected chi connectivity index (χ3v) is 4.13. The van der Waals surface area contributed by atoms with Crippen molar-refractivity contribution < 1.29 is 4.74 Å². The number of ether oxygens (including phenoxy) is 1. The van der Waals surface area contributed by atoms with Gasteiger partial charge in [0.05, 0.1) is 6.10 Å². The van der Waals surface area contributed by atoms with E-state index in [1.165, 1.54) is 44.2 Å². The average Bonchev–Trinajstić information content (AvgIpc) is 2.95. The maximum atomic E-state index is 5.98. The summed E-state index contributed by atoms with van der Waals surface area (Å²) in [6.07, 6.45) is 8.04. The number of piperidine rings is 1. The van der Waals surface area contributed by atoms with Crippen molar-refractivity contribution in [1.29, 1.82) is 0 Å². The smallest absolute Gasteiger partial charge is 0.119 e. The number of anilines is 1. The molecule has 0 bridgehead atoms. The van der Waals surface area contributed by atoms with Crippen molar-refractivity contribution in [2.45, 2.75) is 50.7 Å². The zero-order valence-corrected chi connectivity index (χ0v) is 11.5. The van der Waals surface area contributed by atoms with E-state index >= 15 is 0 Å². The summed E-state index contributed by atoms with van der Waals surface area (Å²) in [6, 6.07) is 9.03. The fourth-order valence-corrected chi connectivity index (χ4v) is 3.04. The Bertz CT molecular complexity index is 378. The van der Waals surface area contributed by atoms with Crippen molar-refractivity contribution >= 4 is 5.69 Å². The second kappa shape index (κ2) is 6.29. The molecule has 1 atom stereocenters. The molecule has 19 heavy (non-hydrogen) atoms. The van der Waals surface area contributed by atoms with E-state index in [0.717, 1.165) is 18.8 Å². The Morgan fingerprint density at radius 3 is 2.47 bits per heavy atom. The van der Waals surface area contributed by atoms with Crippen LogP contribution in [-0.2, 0) is 0 Å². The molecular formula is C16H24N2O. The Balaban J connectivity index is 1.52. The van der Waals surface area contributed by atoms with Crippen LogP contribution >= 0.6 is 0 Å². The molecule has 2 fully saturated rings. The normalized spacial score (nSPS) is 24.3. The molecule has 0 amide bonds. The van der Waals surface area contributed by atoms with Crippen molar-refractivity contribution in [1.82, 2.24) is 5.32 Å². The molecule has 3 heteroatoms. The van der Waals surface area contributed by atoms with Gasteiger partial charge in [0.15, 0.2) is 0 Å². The summed E-state index contributed by atoms with van der Waals surface area (Å²) in [5.74, 6) is 1.01. The van der Waals surface area contributed by atoms with Crippen LogP contribution in [0.5, 0.6) is 5.75 Å². The number of hydrogen-bond donors (Lipinski definition) is 2. The minimum absolute atomic E-state index is 0.446. The van der Waals surface area contributed by atoms with Gasteiger partial charge < -0.3 is 15.4 Å². The second-order valence-corrected chi connectivity index (χ2v) is 5.74. The lowest BCUT2D eigenvalue weighted by Crippen LogP contribution is -2.38. The lowest BCUT2D eigenvalue weighted by atomic mass is 10.1. The minimum Gasteiger partial charge on any atom is -0.490 e. The first-order valence-corrected chi connectivity index (χ1v) is 7.64. The van der Waals surface area contributed by atoms with Crippen LogP contribution in [-0.4, -0.2) is 25.2 Å². The Labute approximate surface area is 115 Å². The van der Waals surface area contributed by atoms with E-state index in [0.29, 0.717) is 12.1 Å². The molecule has 1 heterocycles. The summed E-state index contributed by atoms with van der Waals surface area (Å²) < 4.78 is 5.98. The quantitative estimate of drug-likeness (QED) is 0.872. The van der Waals surface area contributed by atoms with E-state index in [9.17, 15) is 0 Å². The molecule has 1 saturated carbocycles. The third kappa shape index (κ3) is 3.63. The summed E-state index contributed by atoms with van der Waals surface area (Å²) in [6.45, 7) is 2.23. The van der Waals surface area contributed by atoms with Gasteiger partial charge in [0.2, 0.25) is 0 Å². The molecule has 3 nitrogen and oxygen atoms in total. The first-order chi connectivity index (χ1) is 9.40. The molecule has 0 spiro atoms. The van der Waals surface area contributed by atoms with Crippen molar-refractivity contribution in [2.75, 3.05) is 18.4 Å². The summed E-state index contributed by atoms with van der Waals surface area (Å²) in [5.41, 5.74) is 1.20. The maximum Gasteiger partial charge on any atom is 0.119 e. The standard InChI is InChI=1S/C16H24N2O/c1-2-6-15(5-1)19-16-9-7-13(8-10-16)18-14-4-3-11-17-12-14/h7-10,14-15,17-18H,1-6,11-12H2. The van der Waals surface area contributed by atoms with Crippen molar-refractivity contribution in [3.05, 3.63) is 24.3 Å². The molecule has 2 aliphatic rings. The van der Waals surface area contributed by atoms with E-state index in [1.807, 2.05) is 0 Å². The lowest BCUT2D eigenvalue weighted by Gasteiger charge is -2.25. The van der Waals surface area contributed by atoms with Crippen molar-refractivity contribution in [3.8, 4) is 5.75 Å². The van der Waals surface area contributed by atoms with Gasteiger partial charge in [-0.1, -0.05) is 0 Å². The molecule has 0 radical (unpaired) electrons. The van der Waals surface area contributed by atoms with Gasteiger partial charge in [-0.25, -0.2) is 0 Å². The average molecular weight is 260 g/mol. The molecule has 1 unspecified atom stereocenters. The monoisotopic (exact) mass is 260 g/mol. The Hall–Kier alpha value is -1.22. The zero-order chi connectivity index (χ0) is 12.9. The Kier molecular flexibility index (Phi) is 4.23. The summed E-state index contributed by atoms with van der Waals surface area (Å²) >= 11 is 0. The van der Waals surface area contributed by atoms with Gasteiger partial charge in [-0.3, -0.25) is 0 Å². The molecule has 2 N–H and O–H groups in total. The maximum absolute atomic E-state index is 5.98.